The number of hydrogen-bond donors (Lipinski definition) is 0. The van der Waals surface area contributed by atoms with E-state index in [1.54, 1.807) is 6.08 Å². The predicted molar refractivity (Wildman–Crippen MR) is 86.7 cm³/mol. The maximum Gasteiger partial charge on any atom is 0.311 e. The average Bonchev–Trinajstić information content (AvgIpc) is 2.35. The highest BCUT2D eigenvalue weighted by atomic mass is 32.5. The van der Waals surface area contributed by atoms with Crippen LogP contribution in [0.4, 0.5) is 19.4 Å². The number of thioether (sulfide) groups is 1. The molecular formula is C15H21F5S2. The Bertz CT molecular complexity index is 549. The van der Waals surface area contributed by atoms with Gasteiger partial charge in [-0.15, -0.1) is 18.3 Å². The van der Waals surface area contributed by atoms with Gasteiger partial charge >= 0.3 is 10.2 Å². The lowest BCUT2D eigenvalue weighted by molar-refractivity contribution is 0.359. The van der Waals surface area contributed by atoms with Crippen molar-refractivity contribution in [3.63, 3.8) is 0 Å². The predicted octanol–water partition coefficient (Wildman–Crippen LogP) is 7.66. The summed E-state index contributed by atoms with van der Waals surface area (Å²) < 4.78 is 67.2. The molecule has 0 saturated heterocycles. The first-order valence-electron chi connectivity index (χ1n) is 7.01. The lowest BCUT2D eigenvalue weighted by Gasteiger charge is -2.43. The molecule has 0 saturated carbocycles. The first kappa shape index (κ1) is 19.4. The molecule has 1 aromatic rings. The Kier molecular flexibility index (Phi) is 5.34. The fraction of sp³-hybridized carbons (Fsp3) is 0.467. The van der Waals surface area contributed by atoms with Crippen LogP contribution in [0.15, 0.2) is 34.6 Å². The van der Waals surface area contributed by atoms with E-state index in [4.69, 9.17) is 0 Å². The maximum absolute atomic E-state index is 13.4. The summed E-state index contributed by atoms with van der Waals surface area (Å²) in [7, 11) is -9.72. The molecule has 0 fully saturated rings. The second-order valence-electron chi connectivity index (χ2n) is 5.18. The van der Waals surface area contributed by atoms with Crippen LogP contribution in [0.3, 0.4) is 0 Å². The Balaban J connectivity index is 3.41. The zero-order valence-corrected chi connectivity index (χ0v) is 14.3. The van der Waals surface area contributed by atoms with Gasteiger partial charge in [-0.1, -0.05) is 44.9 Å². The number of rotatable bonds is 8. The van der Waals surface area contributed by atoms with E-state index in [0.29, 0.717) is 24.2 Å². The van der Waals surface area contributed by atoms with Crippen LogP contribution in [-0.4, -0.2) is 5.75 Å². The minimum Gasteiger partial charge on any atom is -0.125 e. The number of unbranched alkanes of at least 4 members (excludes halogenated alkanes) is 1. The standard InChI is InChI=1S/C15H21F5S2/c1-4-6-8-13-9-10-14(21-11-7-5-2)15(12(13)3)22(16,17,18,19)20/h4,9-10H,1,5-8,11H2,2-3H3. The summed E-state index contributed by atoms with van der Waals surface area (Å²) in [5.74, 6) is 0.392. The van der Waals surface area contributed by atoms with E-state index < -0.39 is 15.1 Å². The van der Waals surface area contributed by atoms with Gasteiger partial charge in [-0.2, -0.15) is 0 Å². The molecule has 0 unspecified atom stereocenters. The summed E-state index contributed by atoms with van der Waals surface area (Å²) in [5, 5.41) is 0. The van der Waals surface area contributed by atoms with Crippen molar-refractivity contribution in [2.45, 2.75) is 49.3 Å². The topological polar surface area (TPSA) is 0 Å². The molecule has 0 nitrogen and oxygen atoms in total. The first-order valence-corrected chi connectivity index (χ1v) is 9.94. The fourth-order valence-electron chi connectivity index (χ4n) is 2.16. The van der Waals surface area contributed by atoms with Crippen LogP contribution in [0.2, 0.25) is 0 Å². The van der Waals surface area contributed by atoms with Crippen molar-refractivity contribution in [3.8, 4) is 0 Å². The third-order valence-corrected chi connectivity index (χ3v) is 5.81. The van der Waals surface area contributed by atoms with E-state index >= 15 is 0 Å². The maximum atomic E-state index is 13.4. The van der Waals surface area contributed by atoms with Gasteiger partial charge in [-0.05, 0) is 49.1 Å². The molecule has 0 aromatic heterocycles. The van der Waals surface area contributed by atoms with Gasteiger partial charge in [0, 0.05) is 4.90 Å². The molecule has 0 radical (unpaired) electrons. The van der Waals surface area contributed by atoms with Crippen LogP contribution in [-0.2, 0) is 6.42 Å². The molecule has 0 amide bonds. The third-order valence-electron chi connectivity index (χ3n) is 3.24. The first-order chi connectivity index (χ1) is 9.90. The Hall–Kier alpha value is -0.690. The van der Waals surface area contributed by atoms with Crippen LogP contribution in [0.1, 0.15) is 37.3 Å². The highest BCUT2D eigenvalue weighted by Crippen LogP contribution is 3.03. The summed E-state index contributed by atoms with van der Waals surface area (Å²) >= 11 is 0.852. The van der Waals surface area contributed by atoms with E-state index in [2.05, 4.69) is 6.58 Å². The molecule has 0 aliphatic heterocycles. The Morgan fingerprint density at radius 2 is 1.82 bits per heavy atom. The third kappa shape index (κ3) is 5.19. The van der Waals surface area contributed by atoms with Gasteiger partial charge < -0.3 is 0 Å². The minimum atomic E-state index is -9.72. The molecular weight excluding hydrogens is 339 g/mol. The molecule has 0 atom stereocenters. The fourth-order valence-corrected chi connectivity index (χ4v) is 5.06. The number of hydrogen-bond acceptors (Lipinski definition) is 1. The van der Waals surface area contributed by atoms with Crippen molar-refractivity contribution in [2.75, 3.05) is 5.75 Å². The number of halogens is 5. The zero-order chi connectivity index (χ0) is 17.1. The van der Waals surface area contributed by atoms with E-state index in [-0.39, 0.29) is 16.9 Å². The van der Waals surface area contributed by atoms with Gasteiger partial charge in [-0.3, -0.25) is 0 Å². The smallest absolute Gasteiger partial charge is 0.125 e. The van der Waals surface area contributed by atoms with Gasteiger partial charge in [0.2, 0.25) is 0 Å². The quantitative estimate of drug-likeness (QED) is 0.198. The molecule has 0 spiro atoms. The SMILES string of the molecule is C=CCCc1ccc(SCCCC)c(S(F)(F)(F)(F)F)c1C. The Morgan fingerprint density at radius 3 is 2.32 bits per heavy atom. The highest BCUT2D eigenvalue weighted by Gasteiger charge is 2.67. The van der Waals surface area contributed by atoms with Crippen LogP contribution in [0.5, 0.6) is 0 Å². The largest absolute Gasteiger partial charge is 0.311 e. The van der Waals surface area contributed by atoms with Crippen molar-refractivity contribution in [3.05, 3.63) is 35.9 Å². The van der Waals surface area contributed by atoms with Crippen molar-refractivity contribution in [2.24, 2.45) is 0 Å². The van der Waals surface area contributed by atoms with E-state index in [9.17, 15) is 19.4 Å². The molecule has 1 rings (SSSR count). The monoisotopic (exact) mass is 360 g/mol. The van der Waals surface area contributed by atoms with E-state index in [1.807, 2.05) is 6.92 Å². The molecule has 0 heterocycles. The molecule has 0 aliphatic carbocycles. The molecule has 128 valence electrons. The number of aryl methyl sites for hydroxylation is 1. The highest BCUT2D eigenvalue weighted by molar-refractivity contribution is 8.46. The molecule has 0 bridgehead atoms. The second-order valence-corrected chi connectivity index (χ2v) is 8.66. The van der Waals surface area contributed by atoms with Crippen molar-refractivity contribution in [1.82, 2.24) is 0 Å². The van der Waals surface area contributed by atoms with Gasteiger partial charge in [0.15, 0.2) is 0 Å². The second kappa shape index (κ2) is 6.07. The zero-order valence-electron chi connectivity index (χ0n) is 12.7. The number of allylic oxidation sites excluding steroid dienone is 1. The van der Waals surface area contributed by atoms with Crippen LogP contribution in [0.25, 0.3) is 0 Å². The Labute approximate surface area is 132 Å². The summed E-state index contributed by atoms with van der Waals surface area (Å²) in [4.78, 5) is -2.07. The van der Waals surface area contributed by atoms with Crippen molar-refractivity contribution < 1.29 is 19.4 Å². The summed E-state index contributed by atoms with van der Waals surface area (Å²) in [6.07, 6.45) is 3.76. The van der Waals surface area contributed by atoms with Gasteiger partial charge in [0.1, 0.15) is 4.90 Å². The number of benzene rings is 1. The van der Waals surface area contributed by atoms with E-state index in [1.165, 1.54) is 12.1 Å². The lowest BCUT2D eigenvalue weighted by atomic mass is 10.0. The van der Waals surface area contributed by atoms with Crippen LogP contribution < -0.4 is 0 Å². The van der Waals surface area contributed by atoms with Gasteiger partial charge in [-0.25, -0.2) is 0 Å². The van der Waals surface area contributed by atoms with Crippen LogP contribution in [0, 0.1) is 6.92 Å². The molecule has 0 aliphatic rings. The lowest BCUT2D eigenvalue weighted by Crippen LogP contribution is -2.11. The minimum absolute atomic E-state index is 0.274. The summed E-state index contributed by atoms with van der Waals surface area (Å²) in [6.45, 7) is 6.54. The molecule has 7 heteroatoms. The summed E-state index contributed by atoms with van der Waals surface area (Å²) in [5.41, 5.74) is -0.0643. The average molecular weight is 360 g/mol. The molecule has 22 heavy (non-hydrogen) atoms. The summed E-state index contributed by atoms with van der Waals surface area (Å²) in [6, 6.07) is 2.69. The van der Waals surface area contributed by atoms with Gasteiger partial charge in [0.05, 0.1) is 0 Å². The van der Waals surface area contributed by atoms with Gasteiger partial charge in [0.25, 0.3) is 0 Å². The molecule has 1 aromatic carbocycles. The Morgan fingerprint density at radius 1 is 1.18 bits per heavy atom. The normalized spacial score (nSPS) is 15.2. The van der Waals surface area contributed by atoms with Crippen LogP contribution >= 0.6 is 22.0 Å². The van der Waals surface area contributed by atoms with E-state index in [0.717, 1.165) is 25.1 Å². The molecule has 0 N–H and O–H groups in total. The van der Waals surface area contributed by atoms with Crippen molar-refractivity contribution in [1.29, 1.82) is 0 Å². The van der Waals surface area contributed by atoms with Crippen molar-refractivity contribution >= 4 is 22.0 Å².